The molecule has 0 aromatic heterocycles. The third-order valence-corrected chi connectivity index (χ3v) is 4.71. The molecule has 0 saturated carbocycles. The fourth-order valence-corrected chi connectivity index (χ4v) is 3.09. The Labute approximate surface area is 178 Å². The molecule has 0 radical (unpaired) electrons. The number of nitrogens with one attached hydrogen (secondary N) is 1. The number of amides is 1. The van der Waals surface area contributed by atoms with E-state index in [0.717, 1.165) is 9.13 Å². The van der Waals surface area contributed by atoms with Crippen molar-refractivity contribution in [2.45, 2.75) is 20.3 Å². The third-order valence-electron chi connectivity index (χ3n) is 3.77. The van der Waals surface area contributed by atoms with E-state index in [1.54, 1.807) is 12.1 Å². The molecule has 0 spiro atoms. The summed E-state index contributed by atoms with van der Waals surface area (Å²) in [7, 11) is 0. The molecule has 0 aliphatic heterocycles. The van der Waals surface area contributed by atoms with Gasteiger partial charge in [0.15, 0.2) is 18.1 Å². The van der Waals surface area contributed by atoms with Crippen LogP contribution in [-0.4, -0.2) is 38.2 Å². The molecule has 28 heavy (non-hydrogen) atoms. The van der Waals surface area contributed by atoms with Crippen LogP contribution >= 0.6 is 22.6 Å². The Balaban J connectivity index is 1.79. The molecule has 0 atom stereocenters. The molecular weight excluding hydrogens is 473 g/mol. The number of ether oxygens (including phenoxy) is 3. The molecular formula is C21H24INO5. The van der Waals surface area contributed by atoms with Crippen LogP contribution in [0, 0.1) is 3.57 Å². The average molecular weight is 497 g/mol. The highest BCUT2D eigenvalue weighted by Gasteiger charge is 2.13. The van der Waals surface area contributed by atoms with Crippen molar-refractivity contribution in [3.05, 3.63) is 57.2 Å². The number of esters is 1. The van der Waals surface area contributed by atoms with E-state index in [0.29, 0.717) is 43.2 Å². The number of hydrogen-bond donors (Lipinski definition) is 1. The first-order valence-electron chi connectivity index (χ1n) is 9.12. The topological polar surface area (TPSA) is 73.9 Å². The monoisotopic (exact) mass is 497 g/mol. The summed E-state index contributed by atoms with van der Waals surface area (Å²) in [6, 6.07) is 12.8. The van der Waals surface area contributed by atoms with Crippen molar-refractivity contribution in [1.29, 1.82) is 0 Å². The maximum atomic E-state index is 12.0. The zero-order chi connectivity index (χ0) is 20.4. The molecule has 2 rings (SSSR count). The van der Waals surface area contributed by atoms with E-state index in [1.165, 1.54) is 0 Å². The molecule has 0 unspecified atom stereocenters. The van der Waals surface area contributed by atoms with Crippen molar-refractivity contribution in [1.82, 2.24) is 5.32 Å². The Morgan fingerprint density at radius 3 is 2.43 bits per heavy atom. The van der Waals surface area contributed by atoms with Gasteiger partial charge in [0.1, 0.15) is 0 Å². The molecule has 0 heterocycles. The predicted octanol–water partition coefficient (Wildman–Crippen LogP) is 3.60. The van der Waals surface area contributed by atoms with Gasteiger partial charge < -0.3 is 19.5 Å². The maximum absolute atomic E-state index is 12.0. The normalized spacial score (nSPS) is 10.2. The van der Waals surface area contributed by atoms with Crippen molar-refractivity contribution in [3.63, 3.8) is 0 Å². The smallest absolute Gasteiger partial charge is 0.339 e. The highest BCUT2D eigenvalue weighted by Crippen LogP contribution is 2.28. The van der Waals surface area contributed by atoms with E-state index < -0.39 is 5.97 Å². The Morgan fingerprint density at radius 2 is 1.71 bits per heavy atom. The van der Waals surface area contributed by atoms with E-state index in [-0.39, 0.29) is 12.5 Å². The second kappa shape index (κ2) is 11.5. The lowest BCUT2D eigenvalue weighted by Gasteiger charge is -2.12. The van der Waals surface area contributed by atoms with Crippen molar-refractivity contribution in [3.8, 4) is 11.5 Å². The minimum Gasteiger partial charge on any atom is -0.490 e. The van der Waals surface area contributed by atoms with Gasteiger partial charge in [-0.3, -0.25) is 4.79 Å². The fraction of sp³-hybridized carbons (Fsp3) is 0.333. The van der Waals surface area contributed by atoms with Crippen LogP contribution in [0.5, 0.6) is 11.5 Å². The van der Waals surface area contributed by atoms with Crippen LogP contribution in [0.3, 0.4) is 0 Å². The number of benzene rings is 2. The number of hydrogen-bond acceptors (Lipinski definition) is 5. The summed E-state index contributed by atoms with van der Waals surface area (Å²) in [6.45, 7) is 5.07. The van der Waals surface area contributed by atoms with E-state index in [4.69, 9.17) is 14.2 Å². The highest BCUT2D eigenvalue weighted by atomic mass is 127. The van der Waals surface area contributed by atoms with Crippen molar-refractivity contribution in [2.24, 2.45) is 0 Å². The van der Waals surface area contributed by atoms with E-state index in [1.807, 2.05) is 44.2 Å². The fourth-order valence-electron chi connectivity index (χ4n) is 2.48. The first-order valence-corrected chi connectivity index (χ1v) is 10.2. The van der Waals surface area contributed by atoms with E-state index in [9.17, 15) is 9.59 Å². The minimum atomic E-state index is -0.506. The number of rotatable bonds is 10. The predicted molar refractivity (Wildman–Crippen MR) is 115 cm³/mol. The molecule has 7 heteroatoms. The van der Waals surface area contributed by atoms with Crippen LogP contribution in [-0.2, 0) is 16.0 Å². The van der Waals surface area contributed by atoms with Crippen LogP contribution in [0.15, 0.2) is 42.5 Å². The highest BCUT2D eigenvalue weighted by molar-refractivity contribution is 14.1. The summed E-state index contributed by atoms with van der Waals surface area (Å²) in [4.78, 5) is 23.9. The lowest BCUT2D eigenvalue weighted by atomic mass is 10.1. The molecule has 0 aliphatic rings. The first-order chi connectivity index (χ1) is 13.5. The summed E-state index contributed by atoms with van der Waals surface area (Å²) >= 11 is 2.06. The van der Waals surface area contributed by atoms with Gasteiger partial charge in [0.05, 0.1) is 18.8 Å². The third kappa shape index (κ3) is 6.70. The van der Waals surface area contributed by atoms with Gasteiger partial charge >= 0.3 is 5.97 Å². The molecule has 1 amide bonds. The SMILES string of the molecule is CCOc1ccc(CCNC(=O)COC(=O)c2ccccc2I)cc1OCC. The summed E-state index contributed by atoms with van der Waals surface area (Å²) in [5.41, 5.74) is 1.47. The quantitative estimate of drug-likeness (QED) is 0.401. The van der Waals surface area contributed by atoms with Gasteiger partial charge in [-0.25, -0.2) is 4.79 Å². The van der Waals surface area contributed by atoms with Gasteiger partial charge in [-0.2, -0.15) is 0 Å². The van der Waals surface area contributed by atoms with Crippen LogP contribution in [0.1, 0.15) is 29.8 Å². The van der Waals surface area contributed by atoms with E-state index in [2.05, 4.69) is 27.9 Å². The molecule has 0 fully saturated rings. The number of carbonyl (C=O) groups is 2. The summed E-state index contributed by atoms with van der Waals surface area (Å²) in [5.74, 6) is 0.558. The largest absolute Gasteiger partial charge is 0.490 e. The minimum absolute atomic E-state index is 0.308. The molecule has 0 bridgehead atoms. The van der Waals surface area contributed by atoms with Crippen LogP contribution in [0.2, 0.25) is 0 Å². The second-order valence-corrected chi connectivity index (χ2v) is 6.97. The molecule has 2 aromatic rings. The van der Waals surface area contributed by atoms with Crippen molar-refractivity contribution in [2.75, 3.05) is 26.4 Å². The van der Waals surface area contributed by atoms with Gasteiger partial charge in [0, 0.05) is 10.1 Å². The maximum Gasteiger partial charge on any atom is 0.339 e. The molecule has 0 aliphatic carbocycles. The molecule has 150 valence electrons. The van der Waals surface area contributed by atoms with Crippen LogP contribution in [0.4, 0.5) is 0 Å². The summed E-state index contributed by atoms with van der Waals surface area (Å²) < 4.78 is 17.0. The molecule has 1 N–H and O–H groups in total. The Bertz CT molecular complexity index is 809. The van der Waals surface area contributed by atoms with Crippen molar-refractivity contribution >= 4 is 34.5 Å². The Kier molecular flexibility index (Phi) is 9.06. The Hall–Kier alpha value is -2.29. The number of halogens is 1. The lowest BCUT2D eigenvalue weighted by Crippen LogP contribution is -2.30. The van der Waals surface area contributed by atoms with Gasteiger partial charge in [0.25, 0.3) is 5.91 Å². The summed E-state index contributed by atoms with van der Waals surface area (Å²) in [6.07, 6.45) is 0.628. The second-order valence-electron chi connectivity index (χ2n) is 5.80. The lowest BCUT2D eigenvalue weighted by molar-refractivity contribution is -0.124. The average Bonchev–Trinajstić information content (AvgIpc) is 2.69. The standard InChI is InChI=1S/C21H24INO5/c1-3-26-18-10-9-15(13-19(18)27-4-2)11-12-23-20(24)14-28-21(25)16-7-5-6-8-17(16)22/h5-10,13H,3-4,11-12,14H2,1-2H3,(H,23,24). The van der Waals surface area contributed by atoms with Gasteiger partial charge in [-0.05, 0) is 72.7 Å². The van der Waals surface area contributed by atoms with Crippen LogP contribution in [0.25, 0.3) is 0 Å². The Morgan fingerprint density at radius 1 is 1.00 bits per heavy atom. The van der Waals surface area contributed by atoms with Gasteiger partial charge in [-0.15, -0.1) is 0 Å². The number of carbonyl (C=O) groups excluding carboxylic acids is 2. The van der Waals surface area contributed by atoms with Crippen molar-refractivity contribution < 1.29 is 23.8 Å². The molecule has 6 nitrogen and oxygen atoms in total. The van der Waals surface area contributed by atoms with Gasteiger partial charge in [0.2, 0.25) is 0 Å². The molecule has 0 saturated heterocycles. The first kappa shape index (κ1) is 22.0. The molecule has 2 aromatic carbocycles. The zero-order valence-electron chi connectivity index (χ0n) is 16.0. The van der Waals surface area contributed by atoms with Crippen LogP contribution < -0.4 is 14.8 Å². The summed E-state index contributed by atoms with van der Waals surface area (Å²) in [5, 5.41) is 2.75. The van der Waals surface area contributed by atoms with E-state index >= 15 is 0 Å². The van der Waals surface area contributed by atoms with Gasteiger partial charge in [-0.1, -0.05) is 18.2 Å². The zero-order valence-corrected chi connectivity index (χ0v) is 18.2.